The second kappa shape index (κ2) is 7.83. The predicted molar refractivity (Wildman–Crippen MR) is 82.8 cm³/mol. The maximum Gasteiger partial charge on any atom is 0.306 e. The molecule has 0 bridgehead atoms. The summed E-state index contributed by atoms with van der Waals surface area (Å²) in [5, 5.41) is 2.71. The number of rotatable bonds is 6. The van der Waals surface area contributed by atoms with Crippen molar-refractivity contribution < 1.29 is 19.1 Å². The fourth-order valence-corrected chi connectivity index (χ4v) is 1.77. The van der Waals surface area contributed by atoms with Gasteiger partial charge in [0.25, 0.3) is 0 Å². The smallest absolute Gasteiger partial charge is 0.306 e. The van der Waals surface area contributed by atoms with Gasteiger partial charge >= 0.3 is 5.97 Å². The van der Waals surface area contributed by atoms with Crippen molar-refractivity contribution in [2.45, 2.75) is 12.8 Å². The van der Waals surface area contributed by atoms with Crippen LogP contribution in [0.4, 0.5) is 5.69 Å². The largest absolute Gasteiger partial charge is 0.469 e. The molecule has 114 valence electrons. The molecule has 0 aliphatic carbocycles. The molecular weight excluding hydrogens is 282 g/mol. The van der Waals surface area contributed by atoms with Crippen LogP contribution in [0.3, 0.4) is 0 Å². The maximum absolute atomic E-state index is 11.7. The lowest BCUT2D eigenvalue weighted by Crippen LogP contribution is -2.13. The summed E-state index contributed by atoms with van der Waals surface area (Å²) >= 11 is 0. The molecule has 2 aromatic carbocycles. The van der Waals surface area contributed by atoms with Crippen LogP contribution in [0.2, 0.25) is 0 Å². The number of benzene rings is 2. The number of hydrogen-bond acceptors (Lipinski definition) is 4. The number of esters is 1. The Labute approximate surface area is 128 Å². The Kier molecular flexibility index (Phi) is 5.54. The normalized spacial score (nSPS) is 9.86. The number of amides is 1. The summed E-state index contributed by atoms with van der Waals surface area (Å²) in [6.07, 6.45) is 0.159. The van der Waals surface area contributed by atoms with Gasteiger partial charge in [0.05, 0.1) is 13.5 Å². The molecule has 2 aromatic rings. The van der Waals surface area contributed by atoms with Crippen LogP contribution in [-0.4, -0.2) is 19.0 Å². The number of carbonyl (C=O) groups is 2. The average Bonchev–Trinajstić information content (AvgIpc) is 2.55. The van der Waals surface area contributed by atoms with E-state index in [4.69, 9.17) is 4.74 Å². The maximum atomic E-state index is 11.7. The van der Waals surface area contributed by atoms with E-state index in [-0.39, 0.29) is 18.7 Å². The fourth-order valence-electron chi connectivity index (χ4n) is 1.77. The molecule has 22 heavy (non-hydrogen) atoms. The van der Waals surface area contributed by atoms with E-state index in [9.17, 15) is 9.59 Å². The monoisotopic (exact) mass is 299 g/mol. The van der Waals surface area contributed by atoms with Crippen molar-refractivity contribution in [3.8, 4) is 11.5 Å². The summed E-state index contributed by atoms with van der Waals surface area (Å²) < 4.78 is 10.1. The zero-order valence-corrected chi connectivity index (χ0v) is 12.2. The Morgan fingerprint density at radius 1 is 0.909 bits per heavy atom. The molecule has 1 N–H and O–H groups in total. The molecule has 0 saturated carbocycles. The van der Waals surface area contributed by atoms with E-state index >= 15 is 0 Å². The van der Waals surface area contributed by atoms with Crippen molar-refractivity contribution >= 4 is 17.6 Å². The zero-order chi connectivity index (χ0) is 15.8. The van der Waals surface area contributed by atoms with Crippen molar-refractivity contribution in [3.05, 3.63) is 54.6 Å². The minimum absolute atomic E-state index is 0.0670. The third kappa shape index (κ3) is 4.94. The van der Waals surface area contributed by atoms with Crippen LogP contribution in [0.1, 0.15) is 12.8 Å². The Bertz CT molecular complexity index is 623. The van der Waals surface area contributed by atoms with E-state index < -0.39 is 5.97 Å². The number of nitrogens with one attached hydrogen (secondary N) is 1. The van der Waals surface area contributed by atoms with Crippen molar-refractivity contribution in [1.29, 1.82) is 0 Å². The SMILES string of the molecule is COC(=O)CCC(=O)Nc1ccc(Oc2ccccc2)cc1. The first-order chi connectivity index (χ1) is 10.7. The second-order valence-electron chi connectivity index (χ2n) is 4.56. The standard InChI is InChI=1S/C17H17NO4/c1-21-17(20)12-11-16(19)18-13-7-9-15(10-8-13)22-14-5-3-2-4-6-14/h2-10H,11-12H2,1H3,(H,18,19). The van der Waals surface area contributed by atoms with Crippen molar-refractivity contribution in [3.63, 3.8) is 0 Å². The van der Waals surface area contributed by atoms with Crippen LogP contribution in [0.15, 0.2) is 54.6 Å². The molecule has 0 fully saturated rings. The Morgan fingerprint density at radius 2 is 1.55 bits per heavy atom. The first-order valence-electron chi connectivity index (χ1n) is 6.87. The Morgan fingerprint density at radius 3 is 2.18 bits per heavy atom. The van der Waals surface area contributed by atoms with E-state index in [1.165, 1.54) is 7.11 Å². The van der Waals surface area contributed by atoms with Gasteiger partial charge in [-0.3, -0.25) is 9.59 Å². The van der Waals surface area contributed by atoms with Crippen LogP contribution in [0, 0.1) is 0 Å². The van der Waals surface area contributed by atoms with E-state index in [1.54, 1.807) is 24.3 Å². The summed E-state index contributed by atoms with van der Waals surface area (Å²) in [5.41, 5.74) is 0.648. The molecule has 0 aromatic heterocycles. The summed E-state index contributed by atoms with van der Waals surface area (Å²) in [6, 6.07) is 16.5. The Balaban J connectivity index is 1.86. The minimum atomic E-state index is -0.401. The number of methoxy groups -OCH3 is 1. The molecule has 0 atom stereocenters. The van der Waals surface area contributed by atoms with Gasteiger partial charge in [0, 0.05) is 12.1 Å². The van der Waals surface area contributed by atoms with E-state index in [0.29, 0.717) is 11.4 Å². The van der Waals surface area contributed by atoms with Crippen LogP contribution in [0.25, 0.3) is 0 Å². The number of ether oxygens (including phenoxy) is 2. The molecule has 0 radical (unpaired) electrons. The highest BCUT2D eigenvalue weighted by Gasteiger charge is 2.07. The topological polar surface area (TPSA) is 64.6 Å². The number of carbonyl (C=O) groups excluding carboxylic acids is 2. The summed E-state index contributed by atoms with van der Waals surface area (Å²) in [5.74, 6) is 0.792. The molecule has 5 nitrogen and oxygen atoms in total. The minimum Gasteiger partial charge on any atom is -0.469 e. The van der Waals surface area contributed by atoms with Gasteiger partial charge in [0.15, 0.2) is 0 Å². The van der Waals surface area contributed by atoms with Gasteiger partial charge in [-0.25, -0.2) is 0 Å². The quantitative estimate of drug-likeness (QED) is 0.831. The molecule has 5 heteroatoms. The highest BCUT2D eigenvalue weighted by molar-refractivity contribution is 5.92. The van der Waals surface area contributed by atoms with Crippen molar-refractivity contribution in [2.24, 2.45) is 0 Å². The van der Waals surface area contributed by atoms with E-state index in [1.807, 2.05) is 30.3 Å². The number of hydrogen-bond donors (Lipinski definition) is 1. The van der Waals surface area contributed by atoms with Gasteiger partial charge in [-0.2, -0.15) is 0 Å². The fraction of sp³-hybridized carbons (Fsp3) is 0.176. The molecule has 0 heterocycles. The molecule has 1 amide bonds. The average molecular weight is 299 g/mol. The van der Waals surface area contributed by atoms with Crippen LogP contribution < -0.4 is 10.1 Å². The molecule has 2 rings (SSSR count). The lowest BCUT2D eigenvalue weighted by atomic mass is 10.2. The summed E-state index contributed by atoms with van der Waals surface area (Å²) in [4.78, 5) is 22.6. The third-order valence-corrected chi connectivity index (χ3v) is 2.90. The molecule has 0 spiro atoms. The predicted octanol–water partition coefficient (Wildman–Crippen LogP) is 3.37. The van der Waals surface area contributed by atoms with E-state index in [2.05, 4.69) is 10.1 Å². The third-order valence-electron chi connectivity index (χ3n) is 2.90. The van der Waals surface area contributed by atoms with Gasteiger partial charge < -0.3 is 14.8 Å². The lowest BCUT2D eigenvalue weighted by molar-refractivity contribution is -0.141. The summed E-state index contributed by atoms with van der Waals surface area (Å²) in [7, 11) is 1.30. The molecule has 0 aliphatic rings. The van der Waals surface area contributed by atoms with Crippen molar-refractivity contribution in [1.82, 2.24) is 0 Å². The van der Waals surface area contributed by atoms with Gasteiger partial charge in [-0.05, 0) is 36.4 Å². The molecule has 0 unspecified atom stereocenters. The highest BCUT2D eigenvalue weighted by Crippen LogP contribution is 2.22. The van der Waals surface area contributed by atoms with Crippen LogP contribution in [0.5, 0.6) is 11.5 Å². The highest BCUT2D eigenvalue weighted by atomic mass is 16.5. The lowest BCUT2D eigenvalue weighted by Gasteiger charge is -2.08. The van der Waals surface area contributed by atoms with E-state index in [0.717, 1.165) is 5.75 Å². The molecule has 0 aliphatic heterocycles. The van der Waals surface area contributed by atoms with Gasteiger partial charge in [0.2, 0.25) is 5.91 Å². The zero-order valence-electron chi connectivity index (χ0n) is 12.2. The summed E-state index contributed by atoms with van der Waals surface area (Å²) in [6.45, 7) is 0. The molecular formula is C17H17NO4. The van der Waals surface area contributed by atoms with Gasteiger partial charge in [-0.1, -0.05) is 18.2 Å². The number of para-hydroxylation sites is 1. The first kappa shape index (κ1) is 15.6. The van der Waals surface area contributed by atoms with Gasteiger partial charge in [-0.15, -0.1) is 0 Å². The Hall–Kier alpha value is -2.82. The van der Waals surface area contributed by atoms with Crippen LogP contribution in [-0.2, 0) is 14.3 Å². The van der Waals surface area contributed by atoms with Crippen LogP contribution >= 0.6 is 0 Å². The van der Waals surface area contributed by atoms with Gasteiger partial charge in [0.1, 0.15) is 11.5 Å². The molecule has 0 saturated heterocycles. The van der Waals surface area contributed by atoms with Crippen molar-refractivity contribution in [2.75, 3.05) is 12.4 Å². The first-order valence-corrected chi connectivity index (χ1v) is 6.87. The second-order valence-corrected chi connectivity index (χ2v) is 4.56. The number of anilines is 1.